The quantitative estimate of drug-likeness (QED) is 0.552. The molecule has 0 radical (unpaired) electrons. The molecule has 0 saturated carbocycles. The smallest absolute Gasteiger partial charge is 0.0440 e. The second kappa shape index (κ2) is 7.85. The number of pyridine rings is 1. The molecular weight excluding hydrogens is 210 g/mol. The third-order valence-electron chi connectivity index (χ3n) is 2.76. The molecule has 17 heavy (non-hydrogen) atoms. The first-order chi connectivity index (χ1) is 8.29. The van der Waals surface area contributed by atoms with Gasteiger partial charge in [0.25, 0.3) is 0 Å². The molecule has 0 aliphatic heterocycles. The molecular formula is C14H23N3. The fourth-order valence-electron chi connectivity index (χ4n) is 1.78. The van der Waals surface area contributed by atoms with Crippen molar-refractivity contribution in [3.05, 3.63) is 36.7 Å². The predicted molar refractivity (Wildman–Crippen MR) is 74.3 cm³/mol. The van der Waals surface area contributed by atoms with Crippen LogP contribution in [0.2, 0.25) is 0 Å². The number of anilines is 1. The van der Waals surface area contributed by atoms with Gasteiger partial charge in [0.15, 0.2) is 0 Å². The third-order valence-corrected chi connectivity index (χ3v) is 2.76. The zero-order chi connectivity index (χ0) is 12.5. The molecule has 3 heteroatoms. The van der Waals surface area contributed by atoms with Crippen LogP contribution in [0, 0.1) is 0 Å². The SMILES string of the molecule is C=CCCCN(C)c1ccncc1CNCC. The Morgan fingerprint density at radius 2 is 2.35 bits per heavy atom. The topological polar surface area (TPSA) is 28.2 Å². The molecule has 0 aliphatic carbocycles. The fourth-order valence-corrected chi connectivity index (χ4v) is 1.78. The largest absolute Gasteiger partial charge is 0.374 e. The molecule has 0 atom stereocenters. The number of nitrogens with zero attached hydrogens (tertiary/aromatic N) is 2. The molecule has 0 amide bonds. The molecule has 0 aromatic carbocycles. The van der Waals surface area contributed by atoms with E-state index in [-0.39, 0.29) is 0 Å². The van der Waals surface area contributed by atoms with Crippen LogP contribution in [-0.2, 0) is 6.54 Å². The number of aromatic nitrogens is 1. The molecule has 0 aliphatic rings. The van der Waals surface area contributed by atoms with Crippen molar-refractivity contribution < 1.29 is 0 Å². The monoisotopic (exact) mass is 233 g/mol. The van der Waals surface area contributed by atoms with Crippen molar-refractivity contribution in [3.63, 3.8) is 0 Å². The lowest BCUT2D eigenvalue weighted by molar-refractivity contribution is 0.717. The van der Waals surface area contributed by atoms with Gasteiger partial charge in [-0.05, 0) is 25.5 Å². The minimum atomic E-state index is 0.880. The van der Waals surface area contributed by atoms with E-state index in [0.717, 1.165) is 32.5 Å². The molecule has 0 bridgehead atoms. The minimum Gasteiger partial charge on any atom is -0.374 e. The van der Waals surface area contributed by atoms with E-state index in [1.165, 1.54) is 11.3 Å². The maximum Gasteiger partial charge on any atom is 0.0440 e. The normalized spacial score (nSPS) is 10.2. The average Bonchev–Trinajstić information content (AvgIpc) is 2.37. The van der Waals surface area contributed by atoms with Gasteiger partial charge in [-0.25, -0.2) is 0 Å². The van der Waals surface area contributed by atoms with E-state index in [0.29, 0.717) is 0 Å². The summed E-state index contributed by atoms with van der Waals surface area (Å²) in [5, 5.41) is 3.34. The molecule has 0 fully saturated rings. The van der Waals surface area contributed by atoms with Crippen molar-refractivity contribution in [3.8, 4) is 0 Å². The molecule has 1 aromatic heterocycles. The Hall–Kier alpha value is -1.35. The van der Waals surface area contributed by atoms with Crippen LogP contribution in [0.15, 0.2) is 31.1 Å². The summed E-state index contributed by atoms with van der Waals surface area (Å²) in [6.07, 6.45) is 7.98. The van der Waals surface area contributed by atoms with Crippen LogP contribution in [0.3, 0.4) is 0 Å². The number of hydrogen-bond donors (Lipinski definition) is 1. The summed E-state index contributed by atoms with van der Waals surface area (Å²) >= 11 is 0. The number of nitrogens with one attached hydrogen (secondary N) is 1. The lowest BCUT2D eigenvalue weighted by Gasteiger charge is -2.22. The summed E-state index contributed by atoms with van der Waals surface area (Å²) in [6, 6.07) is 2.08. The summed E-state index contributed by atoms with van der Waals surface area (Å²) in [5.74, 6) is 0. The van der Waals surface area contributed by atoms with Gasteiger partial charge in [0.1, 0.15) is 0 Å². The first-order valence-electron chi connectivity index (χ1n) is 6.25. The number of allylic oxidation sites excluding steroid dienone is 1. The highest BCUT2D eigenvalue weighted by molar-refractivity contribution is 5.51. The molecule has 0 unspecified atom stereocenters. The molecule has 1 rings (SSSR count). The fraction of sp³-hybridized carbons (Fsp3) is 0.500. The van der Waals surface area contributed by atoms with Crippen molar-refractivity contribution in [1.29, 1.82) is 0 Å². The lowest BCUT2D eigenvalue weighted by Crippen LogP contribution is -2.22. The standard InChI is InChI=1S/C14H23N3/c1-4-6-7-10-17(3)14-8-9-16-12-13(14)11-15-5-2/h4,8-9,12,15H,1,5-7,10-11H2,2-3H3. The summed E-state index contributed by atoms with van der Waals surface area (Å²) in [6.45, 7) is 8.78. The highest BCUT2D eigenvalue weighted by Gasteiger charge is 2.06. The Morgan fingerprint density at radius 1 is 1.53 bits per heavy atom. The van der Waals surface area contributed by atoms with Gasteiger partial charge < -0.3 is 10.2 Å². The van der Waals surface area contributed by atoms with Gasteiger partial charge in [-0.3, -0.25) is 4.98 Å². The van der Waals surface area contributed by atoms with Crippen molar-refractivity contribution in [2.75, 3.05) is 25.0 Å². The third kappa shape index (κ3) is 4.57. The zero-order valence-corrected chi connectivity index (χ0v) is 10.9. The van der Waals surface area contributed by atoms with E-state index in [1.54, 1.807) is 0 Å². The number of rotatable bonds is 8. The zero-order valence-electron chi connectivity index (χ0n) is 10.9. The molecule has 0 spiro atoms. The van der Waals surface area contributed by atoms with Gasteiger partial charge in [-0.15, -0.1) is 6.58 Å². The van der Waals surface area contributed by atoms with Crippen LogP contribution in [0.1, 0.15) is 25.3 Å². The van der Waals surface area contributed by atoms with Crippen LogP contribution in [0.4, 0.5) is 5.69 Å². The van der Waals surface area contributed by atoms with Gasteiger partial charge >= 0.3 is 0 Å². The average molecular weight is 233 g/mol. The molecule has 1 aromatic rings. The van der Waals surface area contributed by atoms with Crippen LogP contribution >= 0.6 is 0 Å². The molecule has 3 nitrogen and oxygen atoms in total. The molecule has 94 valence electrons. The van der Waals surface area contributed by atoms with Crippen LogP contribution in [-0.4, -0.2) is 25.1 Å². The second-order valence-corrected chi connectivity index (χ2v) is 4.14. The van der Waals surface area contributed by atoms with Crippen molar-refractivity contribution in [2.24, 2.45) is 0 Å². The van der Waals surface area contributed by atoms with Gasteiger partial charge in [0.2, 0.25) is 0 Å². The van der Waals surface area contributed by atoms with Crippen LogP contribution < -0.4 is 10.2 Å². The number of hydrogen-bond acceptors (Lipinski definition) is 3. The number of unbranched alkanes of at least 4 members (excludes halogenated alkanes) is 1. The summed E-state index contributed by atoms with van der Waals surface area (Å²) < 4.78 is 0. The van der Waals surface area contributed by atoms with Crippen molar-refractivity contribution in [1.82, 2.24) is 10.3 Å². The minimum absolute atomic E-state index is 0.880. The van der Waals surface area contributed by atoms with E-state index < -0.39 is 0 Å². The first-order valence-corrected chi connectivity index (χ1v) is 6.25. The Labute approximate surface area is 105 Å². The van der Waals surface area contributed by atoms with Crippen molar-refractivity contribution >= 4 is 5.69 Å². The Kier molecular flexibility index (Phi) is 6.33. The van der Waals surface area contributed by atoms with Crippen LogP contribution in [0.5, 0.6) is 0 Å². The molecule has 1 heterocycles. The molecule has 0 saturated heterocycles. The highest BCUT2D eigenvalue weighted by Crippen LogP contribution is 2.18. The van der Waals surface area contributed by atoms with Gasteiger partial charge in [-0.1, -0.05) is 13.0 Å². The summed E-state index contributed by atoms with van der Waals surface area (Å²) in [5.41, 5.74) is 2.53. The van der Waals surface area contributed by atoms with E-state index in [4.69, 9.17) is 0 Å². The maximum atomic E-state index is 4.19. The summed E-state index contributed by atoms with van der Waals surface area (Å²) in [7, 11) is 2.13. The van der Waals surface area contributed by atoms with E-state index in [2.05, 4.69) is 41.8 Å². The Balaban J connectivity index is 2.63. The predicted octanol–water partition coefficient (Wildman–Crippen LogP) is 2.59. The van der Waals surface area contributed by atoms with Crippen molar-refractivity contribution in [2.45, 2.75) is 26.3 Å². The highest BCUT2D eigenvalue weighted by atomic mass is 15.1. The van der Waals surface area contributed by atoms with Gasteiger partial charge in [0, 0.05) is 43.8 Å². The van der Waals surface area contributed by atoms with Gasteiger partial charge in [0.05, 0.1) is 0 Å². The Bertz CT molecular complexity index is 336. The summed E-state index contributed by atoms with van der Waals surface area (Å²) in [4.78, 5) is 6.48. The van der Waals surface area contributed by atoms with E-state index in [9.17, 15) is 0 Å². The van der Waals surface area contributed by atoms with E-state index >= 15 is 0 Å². The van der Waals surface area contributed by atoms with Crippen LogP contribution in [0.25, 0.3) is 0 Å². The van der Waals surface area contributed by atoms with E-state index in [1.807, 2.05) is 18.5 Å². The first kappa shape index (κ1) is 13.7. The second-order valence-electron chi connectivity index (χ2n) is 4.14. The Morgan fingerprint density at radius 3 is 3.06 bits per heavy atom. The molecule has 1 N–H and O–H groups in total. The lowest BCUT2D eigenvalue weighted by atomic mass is 10.2. The van der Waals surface area contributed by atoms with Gasteiger partial charge in [-0.2, -0.15) is 0 Å². The maximum absolute atomic E-state index is 4.19.